The normalized spacial score (nSPS) is 16.1. The molecule has 1 aliphatic rings. The number of benzene rings is 1. The highest BCUT2D eigenvalue weighted by atomic mass is 16.6. The van der Waals surface area contributed by atoms with Crippen molar-refractivity contribution in [1.29, 1.82) is 0 Å². The van der Waals surface area contributed by atoms with E-state index in [1.807, 2.05) is 13.8 Å². The molecule has 0 unspecified atom stereocenters. The van der Waals surface area contributed by atoms with Crippen molar-refractivity contribution in [1.82, 2.24) is 10.1 Å². The zero-order valence-electron chi connectivity index (χ0n) is 14.0. The molecule has 0 saturated carbocycles. The smallest absolute Gasteiger partial charge is 0.310 e. The van der Waals surface area contributed by atoms with Gasteiger partial charge < -0.3 is 19.3 Å². The first-order valence-corrected chi connectivity index (χ1v) is 8.05. The number of hydrogen-bond donors (Lipinski definition) is 1. The fraction of sp³-hybridized carbons (Fsp3) is 0.412. The molecule has 1 aromatic carbocycles. The lowest BCUT2D eigenvalue weighted by Gasteiger charge is -2.24. The molecule has 1 aliphatic heterocycles. The fourth-order valence-corrected chi connectivity index (χ4v) is 2.38. The third kappa shape index (κ3) is 4.34. The number of hydrogen-bond acceptors (Lipinski definition) is 7. The third-order valence-corrected chi connectivity index (χ3v) is 3.52. The second-order valence-electron chi connectivity index (χ2n) is 6.16. The summed E-state index contributed by atoms with van der Waals surface area (Å²) >= 11 is 0. The molecule has 132 valence electrons. The Kier molecular flexibility index (Phi) is 4.97. The van der Waals surface area contributed by atoms with Crippen LogP contribution in [0, 0.1) is 5.92 Å². The maximum Gasteiger partial charge on any atom is 0.310 e. The Morgan fingerprint density at radius 2 is 2.16 bits per heavy atom. The maximum atomic E-state index is 12.0. The standard InChI is InChI=1S/C17H19N3O5/c1-10(2)7-14-19-15(25-20-14)9-23-16(21)8-13-17(22)18-11-5-3-4-6-12(11)24-13/h3-6,10,13H,7-9H2,1-2H3,(H,18,22)/t13-/m0/s1. The minimum Gasteiger partial charge on any atom is -0.478 e. The summed E-state index contributed by atoms with van der Waals surface area (Å²) < 4.78 is 15.7. The van der Waals surface area contributed by atoms with E-state index < -0.39 is 12.1 Å². The summed E-state index contributed by atoms with van der Waals surface area (Å²) in [4.78, 5) is 28.1. The van der Waals surface area contributed by atoms with Crippen molar-refractivity contribution in [3.05, 3.63) is 36.0 Å². The predicted octanol–water partition coefficient (Wildman–Crippen LogP) is 2.10. The van der Waals surface area contributed by atoms with Crippen LogP contribution in [0.1, 0.15) is 32.0 Å². The Morgan fingerprint density at radius 1 is 1.36 bits per heavy atom. The number of esters is 1. The zero-order chi connectivity index (χ0) is 17.8. The van der Waals surface area contributed by atoms with E-state index in [-0.39, 0.29) is 24.8 Å². The van der Waals surface area contributed by atoms with Crippen LogP contribution >= 0.6 is 0 Å². The monoisotopic (exact) mass is 345 g/mol. The predicted molar refractivity (Wildman–Crippen MR) is 86.7 cm³/mol. The van der Waals surface area contributed by atoms with Crippen LogP contribution in [0.5, 0.6) is 5.75 Å². The second-order valence-corrected chi connectivity index (χ2v) is 6.16. The minimum absolute atomic E-state index is 0.130. The van der Waals surface area contributed by atoms with Crippen molar-refractivity contribution in [3.63, 3.8) is 0 Å². The molecule has 8 nitrogen and oxygen atoms in total. The number of nitrogens with zero attached hydrogens (tertiary/aromatic N) is 2. The molecule has 25 heavy (non-hydrogen) atoms. The lowest BCUT2D eigenvalue weighted by atomic mass is 10.1. The summed E-state index contributed by atoms with van der Waals surface area (Å²) in [5.74, 6) is 0.764. The molecule has 2 aromatic rings. The van der Waals surface area contributed by atoms with Crippen LogP contribution in [0.15, 0.2) is 28.8 Å². The Balaban J connectivity index is 1.51. The number of fused-ring (bicyclic) bond motifs is 1. The van der Waals surface area contributed by atoms with Crippen LogP contribution in [0.3, 0.4) is 0 Å². The van der Waals surface area contributed by atoms with Gasteiger partial charge in [-0.1, -0.05) is 31.1 Å². The van der Waals surface area contributed by atoms with Crippen molar-refractivity contribution in [3.8, 4) is 5.75 Å². The van der Waals surface area contributed by atoms with Gasteiger partial charge in [-0.2, -0.15) is 4.98 Å². The molecule has 0 bridgehead atoms. The van der Waals surface area contributed by atoms with E-state index in [0.29, 0.717) is 29.6 Å². The van der Waals surface area contributed by atoms with E-state index in [1.165, 1.54) is 0 Å². The summed E-state index contributed by atoms with van der Waals surface area (Å²) in [6, 6.07) is 7.03. The van der Waals surface area contributed by atoms with Crippen LogP contribution in [-0.2, 0) is 27.4 Å². The molecule has 0 fully saturated rings. The molecule has 3 rings (SSSR count). The Labute approximate surface area is 144 Å². The summed E-state index contributed by atoms with van der Waals surface area (Å²) in [6.07, 6.45) is -0.443. The molecule has 0 radical (unpaired) electrons. The van der Waals surface area contributed by atoms with Crippen molar-refractivity contribution in [2.75, 3.05) is 5.32 Å². The first-order chi connectivity index (χ1) is 12.0. The topological polar surface area (TPSA) is 104 Å². The van der Waals surface area contributed by atoms with E-state index in [9.17, 15) is 9.59 Å². The summed E-state index contributed by atoms with van der Waals surface area (Å²) in [6.45, 7) is 3.96. The number of amides is 1. The van der Waals surface area contributed by atoms with E-state index >= 15 is 0 Å². The van der Waals surface area contributed by atoms with Gasteiger partial charge in [0.15, 0.2) is 18.5 Å². The van der Waals surface area contributed by atoms with E-state index in [1.54, 1.807) is 24.3 Å². The van der Waals surface area contributed by atoms with Gasteiger partial charge >= 0.3 is 5.97 Å². The first kappa shape index (κ1) is 16.9. The molecule has 1 amide bonds. The van der Waals surface area contributed by atoms with Gasteiger partial charge in [0.25, 0.3) is 11.8 Å². The minimum atomic E-state index is -0.929. The summed E-state index contributed by atoms with van der Waals surface area (Å²) in [7, 11) is 0. The molecule has 1 atom stereocenters. The fourth-order valence-electron chi connectivity index (χ4n) is 2.38. The Bertz CT molecular complexity index is 771. The SMILES string of the molecule is CC(C)Cc1noc(COC(=O)C[C@@H]2Oc3ccccc3NC2=O)n1. The number of para-hydroxylation sites is 2. The summed E-state index contributed by atoms with van der Waals surface area (Å²) in [5.41, 5.74) is 0.584. The van der Waals surface area contributed by atoms with E-state index in [2.05, 4.69) is 15.5 Å². The van der Waals surface area contributed by atoms with Crippen LogP contribution in [0.4, 0.5) is 5.69 Å². The van der Waals surface area contributed by atoms with Crippen molar-refractivity contribution < 1.29 is 23.6 Å². The number of carbonyl (C=O) groups excluding carboxylic acids is 2. The van der Waals surface area contributed by atoms with Crippen molar-refractivity contribution in [2.24, 2.45) is 5.92 Å². The molecule has 0 spiro atoms. The molecular weight excluding hydrogens is 326 g/mol. The largest absolute Gasteiger partial charge is 0.478 e. The number of aromatic nitrogens is 2. The van der Waals surface area contributed by atoms with Gasteiger partial charge in [0.05, 0.1) is 12.1 Å². The Morgan fingerprint density at radius 3 is 2.96 bits per heavy atom. The molecule has 1 N–H and O–H groups in total. The Hall–Kier alpha value is -2.90. The average Bonchev–Trinajstić information content (AvgIpc) is 3.00. The van der Waals surface area contributed by atoms with Gasteiger partial charge in [0.2, 0.25) is 0 Å². The van der Waals surface area contributed by atoms with Gasteiger partial charge in [0, 0.05) is 6.42 Å². The zero-order valence-corrected chi connectivity index (χ0v) is 14.0. The van der Waals surface area contributed by atoms with Gasteiger partial charge in [-0.3, -0.25) is 9.59 Å². The van der Waals surface area contributed by atoms with Crippen LogP contribution < -0.4 is 10.1 Å². The first-order valence-electron chi connectivity index (χ1n) is 8.05. The lowest BCUT2D eigenvalue weighted by Crippen LogP contribution is -2.38. The number of ether oxygens (including phenoxy) is 2. The van der Waals surface area contributed by atoms with E-state index in [4.69, 9.17) is 14.0 Å². The molecule has 1 aromatic heterocycles. The molecule has 0 saturated heterocycles. The molecule has 0 aliphatic carbocycles. The van der Waals surface area contributed by atoms with Crippen LogP contribution in [0.25, 0.3) is 0 Å². The number of rotatable bonds is 6. The number of carbonyl (C=O) groups is 2. The highest BCUT2D eigenvalue weighted by molar-refractivity contribution is 5.99. The maximum absolute atomic E-state index is 12.0. The molecular formula is C17H19N3O5. The van der Waals surface area contributed by atoms with Gasteiger partial charge in [-0.05, 0) is 18.1 Å². The highest BCUT2D eigenvalue weighted by Crippen LogP contribution is 2.29. The number of nitrogens with one attached hydrogen (secondary N) is 1. The van der Waals surface area contributed by atoms with Gasteiger partial charge in [-0.15, -0.1) is 0 Å². The average molecular weight is 345 g/mol. The summed E-state index contributed by atoms with van der Waals surface area (Å²) in [5, 5.41) is 6.52. The number of anilines is 1. The van der Waals surface area contributed by atoms with Gasteiger partial charge in [0.1, 0.15) is 5.75 Å². The van der Waals surface area contributed by atoms with E-state index in [0.717, 1.165) is 0 Å². The quantitative estimate of drug-likeness (QED) is 0.800. The molecule has 8 heteroatoms. The highest BCUT2D eigenvalue weighted by Gasteiger charge is 2.30. The molecule has 2 heterocycles. The van der Waals surface area contributed by atoms with Crippen LogP contribution in [-0.4, -0.2) is 28.1 Å². The second kappa shape index (κ2) is 7.33. The van der Waals surface area contributed by atoms with Crippen LogP contribution in [0.2, 0.25) is 0 Å². The van der Waals surface area contributed by atoms with Crippen molar-refractivity contribution >= 4 is 17.6 Å². The third-order valence-electron chi connectivity index (χ3n) is 3.52. The van der Waals surface area contributed by atoms with Crippen molar-refractivity contribution in [2.45, 2.75) is 39.4 Å². The van der Waals surface area contributed by atoms with Gasteiger partial charge in [-0.25, -0.2) is 0 Å². The lowest BCUT2D eigenvalue weighted by molar-refractivity contribution is -0.149.